The molecule has 0 saturated carbocycles. The summed E-state index contributed by atoms with van der Waals surface area (Å²) in [5.41, 5.74) is 3.22. The first-order valence-electron chi connectivity index (χ1n) is 4.88. The highest BCUT2D eigenvalue weighted by Gasteiger charge is 2.37. The molecule has 0 bridgehead atoms. The largest absolute Gasteiger partial charge is 0.433 e. The molecule has 0 aromatic carbocycles. The van der Waals surface area contributed by atoms with Crippen LogP contribution in [0.25, 0.3) is 5.82 Å². The first-order valence-corrected chi connectivity index (χ1v) is 5.26. The van der Waals surface area contributed by atoms with Crippen LogP contribution < -0.4 is 5.73 Å². The molecular weight excluding hydrogens is 285 g/mol. The molecule has 0 radical (unpaired) electrons. The van der Waals surface area contributed by atoms with Crippen molar-refractivity contribution >= 4 is 17.5 Å². The van der Waals surface area contributed by atoms with Crippen molar-refractivity contribution in [2.75, 3.05) is 0 Å². The van der Waals surface area contributed by atoms with Crippen molar-refractivity contribution in [3.05, 3.63) is 40.8 Å². The van der Waals surface area contributed by atoms with E-state index >= 15 is 0 Å². The monoisotopic (exact) mass is 290 g/mol. The summed E-state index contributed by atoms with van der Waals surface area (Å²) in [7, 11) is 0. The number of alkyl halides is 3. The van der Waals surface area contributed by atoms with E-state index in [9.17, 15) is 18.0 Å². The summed E-state index contributed by atoms with van der Waals surface area (Å²) in [6.45, 7) is 0. The lowest BCUT2D eigenvalue weighted by Gasteiger charge is -2.09. The van der Waals surface area contributed by atoms with Gasteiger partial charge in [-0.1, -0.05) is 11.6 Å². The Bertz CT molecular complexity index is 638. The van der Waals surface area contributed by atoms with Gasteiger partial charge in [-0.15, -0.1) is 0 Å². The van der Waals surface area contributed by atoms with Crippen molar-refractivity contribution in [3.63, 3.8) is 0 Å². The van der Waals surface area contributed by atoms with E-state index in [0.29, 0.717) is 10.7 Å². The molecule has 9 heteroatoms. The van der Waals surface area contributed by atoms with E-state index in [2.05, 4.69) is 10.1 Å². The van der Waals surface area contributed by atoms with Crippen molar-refractivity contribution < 1.29 is 18.0 Å². The summed E-state index contributed by atoms with van der Waals surface area (Å²) in [6, 6.07) is 3.36. The molecule has 0 fully saturated rings. The number of primary amides is 1. The van der Waals surface area contributed by atoms with Gasteiger partial charge in [0, 0.05) is 12.3 Å². The average Bonchev–Trinajstić information content (AvgIpc) is 2.74. The highest BCUT2D eigenvalue weighted by molar-refractivity contribution is 6.32. The normalized spacial score (nSPS) is 11.6. The zero-order chi connectivity index (χ0) is 14.2. The summed E-state index contributed by atoms with van der Waals surface area (Å²) in [4.78, 5) is 14.6. The lowest BCUT2D eigenvalue weighted by molar-refractivity contribution is -0.142. The average molecular weight is 291 g/mol. The Morgan fingerprint density at radius 1 is 1.42 bits per heavy atom. The fourth-order valence-electron chi connectivity index (χ4n) is 1.40. The molecule has 0 unspecified atom stereocenters. The van der Waals surface area contributed by atoms with Crippen molar-refractivity contribution in [1.82, 2.24) is 14.8 Å². The number of hydrogen-bond donors (Lipinski definition) is 1. The number of rotatable bonds is 2. The van der Waals surface area contributed by atoms with E-state index in [-0.39, 0.29) is 10.8 Å². The van der Waals surface area contributed by atoms with Crippen LogP contribution in [0.5, 0.6) is 0 Å². The topological polar surface area (TPSA) is 73.8 Å². The number of hydrogen-bond acceptors (Lipinski definition) is 3. The third kappa shape index (κ3) is 2.53. The smallest absolute Gasteiger partial charge is 0.364 e. The van der Waals surface area contributed by atoms with Crippen molar-refractivity contribution in [2.45, 2.75) is 6.18 Å². The maximum Gasteiger partial charge on any atom is 0.433 e. The maximum atomic E-state index is 12.9. The Kier molecular flexibility index (Phi) is 3.19. The predicted molar refractivity (Wildman–Crippen MR) is 59.9 cm³/mol. The van der Waals surface area contributed by atoms with Gasteiger partial charge in [-0.2, -0.15) is 18.3 Å². The number of nitrogens with two attached hydrogens (primary N) is 1. The number of nitrogens with zero attached hydrogens (tertiary/aromatic N) is 3. The first kappa shape index (κ1) is 13.3. The Balaban J connectivity index is 2.69. The summed E-state index contributed by atoms with van der Waals surface area (Å²) in [5.74, 6) is -1.31. The molecule has 19 heavy (non-hydrogen) atoms. The molecule has 2 aromatic heterocycles. The third-order valence-electron chi connectivity index (χ3n) is 2.19. The van der Waals surface area contributed by atoms with E-state index in [4.69, 9.17) is 17.3 Å². The van der Waals surface area contributed by atoms with Crippen LogP contribution in [0, 0.1) is 0 Å². The van der Waals surface area contributed by atoms with Gasteiger partial charge in [0.2, 0.25) is 0 Å². The van der Waals surface area contributed by atoms with Gasteiger partial charge in [0.05, 0.1) is 5.02 Å². The standard InChI is InChI=1S/C10H6ClF3N4O/c11-5-2-1-3-16-9(5)18-7(10(12,13)14)4-6(17-18)8(15)19/h1-4H,(H2,15,19). The van der Waals surface area contributed by atoms with Gasteiger partial charge in [0.15, 0.2) is 17.2 Å². The summed E-state index contributed by atoms with van der Waals surface area (Å²) in [5, 5.41) is 3.45. The van der Waals surface area contributed by atoms with Gasteiger partial charge in [0.25, 0.3) is 5.91 Å². The lowest BCUT2D eigenvalue weighted by Crippen LogP contribution is -2.15. The molecule has 2 rings (SSSR count). The van der Waals surface area contributed by atoms with E-state index < -0.39 is 23.5 Å². The zero-order valence-corrected chi connectivity index (χ0v) is 9.90. The second kappa shape index (κ2) is 4.54. The van der Waals surface area contributed by atoms with E-state index in [1.807, 2.05) is 0 Å². The quantitative estimate of drug-likeness (QED) is 0.920. The highest BCUT2D eigenvalue weighted by atomic mass is 35.5. The van der Waals surface area contributed by atoms with Crippen LogP contribution >= 0.6 is 11.6 Å². The molecule has 2 N–H and O–H groups in total. The number of carbonyl (C=O) groups is 1. The van der Waals surface area contributed by atoms with Crippen molar-refractivity contribution in [2.24, 2.45) is 5.73 Å². The van der Waals surface area contributed by atoms with Crippen LogP contribution in [0.15, 0.2) is 24.4 Å². The second-order valence-corrected chi connectivity index (χ2v) is 3.90. The minimum absolute atomic E-state index is 0.0351. The molecule has 2 aromatic rings. The van der Waals surface area contributed by atoms with Crippen LogP contribution in [0.2, 0.25) is 5.02 Å². The zero-order valence-electron chi connectivity index (χ0n) is 9.15. The molecule has 0 spiro atoms. The Morgan fingerprint density at radius 2 is 2.11 bits per heavy atom. The van der Waals surface area contributed by atoms with Crippen molar-refractivity contribution in [1.29, 1.82) is 0 Å². The minimum Gasteiger partial charge on any atom is -0.364 e. The molecular formula is C10H6ClF3N4O. The van der Waals surface area contributed by atoms with Gasteiger partial charge in [0.1, 0.15) is 0 Å². The van der Waals surface area contributed by atoms with Crippen LogP contribution in [-0.2, 0) is 6.18 Å². The van der Waals surface area contributed by atoms with Crippen LogP contribution in [-0.4, -0.2) is 20.7 Å². The van der Waals surface area contributed by atoms with Gasteiger partial charge >= 0.3 is 6.18 Å². The number of amides is 1. The molecule has 0 atom stereocenters. The van der Waals surface area contributed by atoms with Gasteiger partial charge < -0.3 is 5.73 Å². The molecule has 0 aliphatic carbocycles. The molecule has 2 heterocycles. The van der Waals surface area contributed by atoms with Crippen molar-refractivity contribution in [3.8, 4) is 5.82 Å². The Hall–Kier alpha value is -2.09. The van der Waals surface area contributed by atoms with Gasteiger partial charge in [-0.3, -0.25) is 4.79 Å². The van der Waals surface area contributed by atoms with Gasteiger partial charge in [-0.25, -0.2) is 9.67 Å². The second-order valence-electron chi connectivity index (χ2n) is 3.50. The maximum absolute atomic E-state index is 12.9. The summed E-state index contributed by atoms with van der Waals surface area (Å²) >= 11 is 5.76. The number of pyridine rings is 1. The molecule has 5 nitrogen and oxygen atoms in total. The third-order valence-corrected chi connectivity index (χ3v) is 2.49. The number of halogens is 4. The van der Waals surface area contributed by atoms with E-state index in [0.717, 1.165) is 0 Å². The summed E-state index contributed by atoms with van der Waals surface area (Å²) in [6.07, 6.45) is -3.46. The molecule has 0 aliphatic rings. The van der Waals surface area contributed by atoms with E-state index in [1.165, 1.54) is 18.3 Å². The number of aromatic nitrogens is 3. The highest BCUT2D eigenvalue weighted by Crippen LogP contribution is 2.32. The van der Waals surface area contributed by atoms with Crippen LogP contribution in [0.4, 0.5) is 13.2 Å². The first-order chi connectivity index (χ1) is 8.80. The molecule has 1 amide bonds. The predicted octanol–water partition coefficient (Wildman–Crippen LogP) is 2.04. The van der Waals surface area contributed by atoms with Gasteiger partial charge in [-0.05, 0) is 12.1 Å². The minimum atomic E-state index is -4.72. The fraction of sp³-hybridized carbons (Fsp3) is 0.100. The Labute approximate surface area is 109 Å². The number of carbonyl (C=O) groups excluding carboxylic acids is 1. The molecule has 0 saturated heterocycles. The fourth-order valence-corrected chi connectivity index (χ4v) is 1.60. The van der Waals surface area contributed by atoms with E-state index in [1.54, 1.807) is 0 Å². The lowest BCUT2D eigenvalue weighted by atomic mass is 10.3. The van der Waals surface area contributed by atoms with Crippen LogP contribution in [0.1, 0.15) is 16.2 Å². The van der Waals surface area contributed by atoms with Crippen LogP contribution in [0.3, 0.4) is 0 Å². The molecule has 100 valence electrons. The summed E-state index contributed by atoms with van der Waals surface area (Å²) < 4.78 is 39.0. The Morgan fingerprint density at radius 3 is 2.63 bits per heavy atom. The molecule has 0 aliphatic heterocycles. The SMILES string of the molecule is NC(=O)c1cc(C(F)(F)F)n(-c2ncccc2Cl)n1.